The number of hydrogen-bond donors (Lipinski definition) is 1. The van der Waals surface area contributed by atoms with Crippen molar-refractivity contribution in [2.45, 2.75) is 52.5 Å². The van der Waals surface area contributed by atoms with Crippen LogP contribution in [0.2, 0.25) is 0 Å². The van der Waals surface area contributed by atoms with Gasteiger partial charge in [-0.25, -0.2) is 0 Å². The van der Waals surface area contributed by atoms with E-state index >= 15 is 0 Å². The monoisotopic (exact) mass is 380 g/mol. The van der Waals surface area contributed by atoms with Crippen molar-refractivity contribution >= 4 is 11.8 Å². The fraction of sp³-hybridized carbons (Fsp3) is 0.417. The number of aryl methyl sites for hydroxylation is 2. The molecular weight excluding hydrogens is 348 g/mol. The summed E-state index contributed by atoms with van der Waals surface area (Å²) in [5, 5.41) is 2.91. The van der Waals surface area contributed by atoms with Gasteiger partial charge >= 0.3 is 0 Å². The number of nitrogens with zero attached hydrogens (tertiary/aromatic N) is 1. The minimum atomic E-state index is -0.471. The largest absolute Gasteiger partial charge is 0.354 e. The highest BCUT2D eigenvalue weighted by atomic mass is 16.2. The van der Waals surface area contributed by atoms with Crippen LogP contribution in [0.15, 0.2) is 54.6 Å². The van der Waals surface area contributed by atoms with E-state index in [1.54, 1.807) is 4.90 Å². The van der Waals surface area contributed by atoms with Gasteiger partial charge < -0.3 is 10.2 Å². The lowest BCUT2D eigenvalue weighted by atomic mass is 10.1. The van der Waals surface area contributed by atoms with Gasteiger partial charge in [-0.3, -0.25) is 9.59 Å². The molecule has 0 unspecified atom stereocenters. The number of carbonyl (C=O) groups excluding carboxylic acids is 2. The Hall–Kier alpha value is -2.62. The molecule has 4 heteroatoms. The van der Waals surface area contributed by atoms with Crippen molar-refractivity contribution in [2.75, 3.05) is 13.1 Å². The molecule has 0 spiro atoms. The summed E-state index contributed by atoms with van der Waals surface area (Å²) in [6, 6.07) is 17.9. The van der Waals surface area contributed by atoms with Crippen LogP contribution in [0.25, 0.3) is 0 Å². The molecule has 0 aliphatic heterocycles. The Balaban J connectivity index is 2.03. The predicted octanol–water partition coefficient (Wildman–Crippen LogP) is 3.91. The van der Waals surface area contributed by atoms with Crippen LogP contribution >= 0.6 is 0 Å². The molecule has 2 rings (SSSR count). The van der Waals surface area contributed by atoms with E-state index < -0.39 is 6.04 Å². The molecule has 0 aromatic heterocycles. The summed E-state index contributed by atoms with van der Waals surface area (Å²) >= 11 is 0. The average Bonchev–Trinajstić information content (AvgIpc) is 2.72. The lowest BCUT2D eigenvalue weighted by molar-refractivity contribution is -0.139. The van der Waals surface area contributed by atoms with Crippen molar-refractivity contribution in [3.05, 3.63) is 71.3 Å². The third-order valence-corrected chi connectivity index (χ3v) is 4.95. The summed E-state index contributed by atoms with van der Waals surface area (Å²) in [6.07, 6.45) is 2.71. The first kappa shape index (κ1) is 21.7. The smallest absolute Gasteiger partial charge is 0.242 e. The number of hydrogen-bond acceptors (Lipinski definition) is 2. The van der Waals surface area contributed by atoms with Gasteiger partial charge in [-0.1, -0.05) is 67.1 Å². The molecule has 0 bridgehead atoms. The Bertz CT molecular complexity index is 741. The van der Waals surface area contributed by atoms with Crippen LogP contribution in [0.4, 0.5) is 0 Å². The molecule has 0 saturated carbocycles. The summed E-state index contributed by atoms with van der Waals surface area (Å²) in [5.41, 5.74) is 3.52. The molecule has 0 fully saturated rings. The Morgan fingerprint density at radius 3 is 2.25 bits per heavy atom. The molecule has 150 valence electrons. The van der Waals surface area contributed by atoms with E-state index in [1.807, 2.05) is 32.0 Å². The molecular formula is C24H32N2O2. The van der Waals surface area contributed by atoms with E-state index in [-0.39, 0.29) is 11.8 Å². The maximum Gasteiger partial charge on any atom is 0.242 e. The normalized spacial score (nSPS) is 11.7. The molecule has 0 radical (unpaired) electrons. The second kappa shape index (κ2) is 11.3. The summed E-state index contributed by atoms with van der Waals surface area (Å²) in [7, 11) is 0. The third-order valence-electron chi connectivity index (χ3n) is 4.95. The standard InChI is InChI=1S/C24H32N2O2/c1-4-17-25-24(28)20(3)26(18-16-21-8-6-5-7-9-21)23(27)15-14-22-12-10-19(2)11-13-22/h5-13,20H,4,14-18H2,1-3H3,(H,25,28)/t20-/m0/s1. The van der Waals surface area contributed by atoms with Gasteiger partial charge in [0.1, 0.15) is 6.04 Å². The summed E-state index contributed by atoms with van der Waals surface area (Å²) in [5.74, 6) is -0.0609. The van der Waals surface area contributed by atoms with Crippen molar-refractivity contribution in [2.24, 2.45) is 0 Å². The average molecular weight is 381 g/mol. The van der Waals surface area contributed by atoms with Crippen LogP contribution in [-0.4, -0.2) is 35.8 Å². The highest BCUT2D eigenvalue weighted by Crippen LogP contribution is 2.11. The topological polar surface area (TPSA) is 49.4 Å². The predicted molar refractivity (Wildman–Crippen MR) is 114 cm³/mol. The highest BCUT2D eigenvalue weighted by molar-refractivity contribution is 5.87. The molecule has 1 atom stereocenters. The lowest BCUT2D eigenvalue weighted by Crippen LogP contribution is -2.49. The van der Waals surface area contributed by atoms with Gasteiger partial charge in [0, 0.05) is 19.5 Å². The van der Waals surface area contributed by atoms with E-state index in [0.717, 1.165) is 18.4 Å². The molecule has 2 aromatic carbocycles. The van der Waals surface area contributed by atoms with E-state index in [4.69, 9.17) is 0 Å². The van der Waals surface area contributed by atoms with Gasteiger partial charge in [0.15, 0.2) is 0 Å². The first-order chi connectivity index (χ1) is 13.5. The Morgan fingerprint density at radius 2 is 1.61 bits per heavy atom. The molecule has 0 saturated heterocycles. The van der Waals surface area contributed by atoms with Crippen molar-refractivity contribution in [3.63, 3.8) is 0 Å². The quantitative estimate of drug-likeness (QED) is 0.679. The zero-order valence-electron chi connectivity index (χ0n) is 17.3. The second-order valence-corrected chi connectivity index (χ2v) is 7.28. The fourth-order valence-corrected chi connectivity index (χ4v) is 3.12. The van der Waals surface area contributed by atoms with Gasteiger partial charge in [-0.2, -0.15) is 0 Å². The molecule has 2 amide bonds. The number of benzene rings is 2. The maximum absolute atomic E-state index is 13.0. The lowest BCUT2D eigenvalue weighted by Gasteiger charge is -2.29. The van der Waals surface area contributed by atoms with Crippen LogP contribution in [0.5, 0.6) is 0 Å². The molecule has 4 nitrogen and oxygen atoms in total. The summed E-state index contributed by atoms with van der Waals surface area (Å²) in [4.78, 5) is 27.2. The Kier molecular flexibility index (Phi) is 8.73. The van der Waals surface area contributed by atoms with Gasteiger partial charge in [0.25, 0.3) is 0 Å². The van der Waals surface area contributed by atoms with Gasteiger partial charge in [0.2, 0.25) is 11.8 Å². The SMILES string of the molecule is CCCNC(=O)[C@H](C)N(CCc1ccccc1)C(=O)CCc1ccc(C)cc1. The minimum Gasteiger partial charge on any atom is -0.354 e. The van der Waals surface area contributed by atoms with Gasteiger partial charge in [0.05, 0.1) is 0 Å². The van der Waals surface area contributed by atoms with Crippen molar-refractivity contribution in [1.82, 2.24) is 10.2 Å². The Labute approximate surface area is 169 Å². The number of nitrogens with one attached hydrogen (secondary N) is 1. The number of rotatable bonds is 10. The first-order valence-corrected chi connectivity index (χ1v) is 10.2. The van der Waals surface area contributed by atoms with Crippen LogP contribution in [0.1, 0.15) is 43.4 Å². The van der Waals surface area contributed by atoms with Crippen LogP contribution < -0.4 is 5.32 Å². The maximum atomic E-state index is 13.0. The molecule has 0 aliphatic carbocycles. The third kappa shape index (κ3) is 6.84. The molecule has 0 heterocycles. The van der Waals surface area contributed by atoms with Crippen molar-refractivity contribution in [3.8, 4) is 0 Å². The van der Waals surface area contributed by atoms with Crippen LogP contribution in [0, 0.1) is 6.92 Å². The first-order valence-electron chi connectivity index (χ1n) is 10.2. The van der Waals surface area contributed by atoms with Crippen molar-refractivity contribution < 1.29 is 9.59 Å². The number of amides is 2. The number of carbonyl (C=O) groups is 2. The molecule has 2 aromatic rings. The summed E-state index contributed by atoms with van der Waals surface area (Å²) < 4.78 is 0. The van der Waals surface area contributed by atoms with E-state index in [9.17, 15) is 9.59 Å². The highest BCUT2D eigenvalue weighted by Gasteiger charge is 2.25. The summed E-state index contributed by atoms with van der Waals surface area (Å²) in [6.45, 7) is 7.06. The van der Waals surface area contributed by atoms with Gasteiger partial charge in [-0.15, -0.1) is 0 Å². The second-order valence-electron chi connectivity index (χ2n) is 7.28. The zero-order chi connectivity index (χ0) is 20.4. The van der Waals surface area contributed by atoms with Crippen LogP contribution in [-0.2, 0) is 22.4 Å². The Morgan fingerprint density at radius 1 is 0.964 bits per heavy atom. The zero-order valence-corrected chi connectivity index (χ0v) is 17.3. The van der Waals surface area contributed by atoms with E-state index in [0.29, 0.717) is 25.9 Å². The van der Waals surface area contributed by atoms with Gasteiger partial charge in [-0.05, 0) is 44.2 Å². The molecule has 1 N–H and O–H groups in total. The molecule has 0 aliphatic rings. The van der Waals surface area contributed by atoms with Crippen molar-refractivity contribution in [1.29, 1.82) is 0 Å². The fourth-order valence-electron chi connectivity index (χ4n) is 3.12. The minimum absolute atomic E-state index is 0.0238. The van der Waals surface area contributed by atoms with E-state index in [1.165, 1.54) is 11.1 Å². The molecule has 28 heavy (non-hydrogen) atoms. The van der Waals surface area contributed by atoms with Crippen LogP contribution in [0.3, 0.4) is 0 Å². The van der Waals surface area contributed by atoms with E-state index in [2.05, 4.69) is 48.6 Å².